The molecule has 0 saturated carbocycles. The number of benzene rings is 2. The summed E-state index contributed by atoms with van der Waals surface area (Å²) in [5, 5.41) is 13.6. The van der Waals surface area contributed by atoms with Crippen LogP contribution in [-0.4, -0.2) is 23.2 Å². The monoisotopic (exact) mass is 320 g/mol. The normalized spacial score (nSPS) is 10.9. The highest BCUT2D eigenvalue weighted by Gasteiger charge is 2.06. The topological polar surface area (TPSA) is 45.1 Å². The molecule has 0 fully saturated rings. The molecule has 1 aromatic heterocycles. The van der Waals surface area contributed by atoms with Gasteiger partial charge >= 0.3 is 0 Å². The summed E-state index contributed by atoms with van der Waals surface area (Å²) in [5.74, 6) is 0. The minimum atomic E-state index is 0.295. The number of unbranched alkanes of at least 4 members (excludes halogenated alkanes) is 3. The Morgan fingerprint density at radius 2 is 1.58 bits per heavy atom. The molecule has 24 heavy (non-hydrogen) atoms. The second-order valence-electron chi connectivity index (χ2n) is 6.00. The van der Waals surface area contributed by atoms with Crippen LogP contribution in [0.15, 0.2) is 60.7 Å². The molecule has 3 rings (SSSR count). The van der Waals surface area contributed by atoms with Crippen LogP contribution in [0.1, 0.15) is 25.7 Å². The summed E-state index contributed by atoms with van der Waals surface area (Å²) in [7, 11) is 0. The molecule has 0 atom stereocenters. The molecular formula is C21H24N2O. The molecule has 0 spiro atoms. The fourth-order valence-electron chi connectivity index (χ4n) is 2.89. The highest BCUT2D eigenvalue weighted by Crippen LogP contribution is 2.28. The molecule has 1 heterocycles. The minimum Gasteiger partial charge on any atom is -0.396 e. The number of aromatic nitrogens is 1. The zero-order valence-corrected chi connectivity index (χ0v) is 13.9. The molecule has 0 aliphatic carbocycles. The summed E-state index contributed by atoms with van der Waals surface area (Å²) in [5.41, 5.74) is 4.29. The van der Waals surface area contributed by atoms with Crippen molar-refractivity contribution in [3.05, 3.63) is 60.7 Å². The molecule has 3 aromatic rings. The van der Waals surface area contributed by atoms with Crippen LogP contribution in [0.25, 0.3) is 22.2 Å². The first kappa shape index (κ1) is 16.5. The Morgan fingerprint density at radius 1 is 0.833 bits per heavy atom. The number of nitrogens with one attached hydrogen (secondary N) is 1. The zero-order chi connectivity index (χ0) is 16.6. The SMILES string of the molecule is OCCCCCCNc1cc(-c2ccccc2)nc2ccccc12. The number of aliphatic hydroxyl groups excluding tert-OH is 1. The van der Waals surface area contributed by atoms with Crippen LogP contribution in [0.3, 0.4) is 0 Å². The van der Waals surface area contributed by atoms with E-state index in [0.717, 1.165) is 60.1 Å². The van der Waals surface area contributed by atoms with Gasteiger partial charge in [0.05, 0.1) is 11.2 Å². The van der Waals surface area contributed by atoms with Crippen molar-refractivity contribution >= 4 is 16.6 Å². The van der Waals surface area contributed by atoms with Gasteiger partial charge in [0.25, 0.3) is 0 Å². The van der Waals surface area contributed by atoms with Gasteiger partial charge in [0.15, 0.2) is 0 Å². The van der Waals surface area contributed by atoms with Crippen molar-refractivity contribution in [3.8, 4) is 11.3 Å². The van der Waals surface area contributed by atoms with Crippen LogP contribution in [0.4, 0.5) is 5.69 Å². The van der Waals surface area contributed by atoms with Crippen LogP contribution < -0.4 is 5.32 Å². The summed E-state index contributed by atoms with van der Waals surface area (Å²) in [4.78, 5) is 4.81. The third-order valence-electron chi connectivity index (χ3n) is 4.19. The second kappa shape index (κ2) is 8.46. The predicted octanol–water partition coefficient (Wildman–Crippen LogP) is 4.87. The Balaban J connectivity index is 1.80. The van der Waals surface area contributed by atoms with Crippen molar-refractivity contribution in [3.63, 3.8) is 0 Å². The Labute approximate surface area is 143 Å². The van der Waals surface area contributed by atoms with Crippen molar-refractivity contribution in [1.82, 2.24) is 4.98 Å². The van der Waals surface area contributed by atoms with Crippen molar-refractivity contribution in [2.24, 2.45) is 0 Å². The van der Waals surface area contributed by atoms with E-state index < -0.39 is 0 Å². The molecule has 0 radical (unpaired) electrons. The number of aliphatic hydroxyl groups is 1. The molecule has 0 unspecified atom stereocenters. The van der Waals surface area contributed by atoms with Crippen molar-refractivity contribution in [2.75, 3.05) is 18.5 Å². The zero-order valence-electron chi connectivity index (χ0n) is 13.9. The Bertz CT molecular complexity index is 771. The third-order valence-corrected chi connectivity index (χ3v) is 4.19. The van der Waals surface area contributed by atoms with Gasteiger partial charge in [-0.05, 0) is 25.0 Å². The smallest absolute Gasteiger partial charge is 0.0730 e. The standard InChI is InChI=1S/C21H24N2O/c24-15-9-2-1-8-14-22-21-16-20(17-10-4-3-5-11-17)23-19-13-7-6-12-18(19)21/h3-7,10-13,16,24H,1-2,8-9,14-15H2,(H,22,23). The molecular weight excluding hydrogens is 296 g/mol. The average molecular weight is 320 g/mol. The van der Waals surface area contributed by atoms with E-state index in [2.05, 4.69) is 41.7 Å². The lowest BCUT2D eigenvalue weighted by Crippen LogP contribution is -2.03. The minimum absolute atomic E-state index is 0.295. The number of nitrogens with zero attached hydrogens (tertiary/aromatic N) is 1. The van der Waals surface area contributed by atoms with Crippen LogP contribution in [0, 0.1) is 0 Å². The molecule has 0 bridgehead atoms. The van der Waals surface area contributed by atoms with E-state index in [4.69, 9.17) is 10.1 Å². The number of rotatable bonds is 8. The summed E-state index contributed by atoms with van der Waals surface area (Å²) >= 11 is 0. The first-order valence-electron chi connectivity index (χ1n) is 8.68. The molecule has 0 aliphatic heterocycles. The van der Waals surface area contributed by atoms with Gasteiger partial charge in [-0.15, -0.1) is 0 Å². The molecule has 0 saturated heterocycles. The van der Waals surface area contributed by atoms with E-state index in [-0.39, 0.29) is 0 Å². The second-order valence-corrected chi connectivity index (χ2v) is 6.00. The summed E-state index contributed by atoms with van der Waals surface area (Å²) in [6.07, 6.45) is 4.24. The van der Waals surface area contributed by atoms with Crippen LogP contribution >= 0.6 is 0 Å². The van der Waals surface area contributed by atoms with Gasteiger partial charge in [0.1, 0.15) is 0 Å². The van der Waals surface area contributed by atoms with Gasteiger partial charge in [-0.2, -0.15) is 0 Å². The molecule has 124 valence electrons. The Morgan fingerprint density at radius 3 is 2.42 bits per heavy atom. The number of fused-ring (bicyclic) bond motifs is 1. The van der Waals surface area contributed by atoms with Crippen molar-refractivity contribution in [2.45, 2.75) is 25.7 Å². The fourth-order valence-corrected chi connectivity index (χ4v) is 2.89. The third kappa shape index (κ3) is 4.12. The van der Waals surface area contributed by atoms with Gasteiger partial charge in [0, 0.05) is 29.8 Å². The average Bonchev–Trinajstić information content (AvgIpc) is 2.65. The lowest BCUT2D eigenvalue weighted by Gasteiger charge is -2.12. The van der Waals surface area contributed by atoms with E-state index in [0.29, 0.717) is 6.61 Å². The number of para-hydroxylation sites is 1. The van der Waals surface area contributed by atoms with Gasteiger partial charge < -0.3 is 10.4 Å². The fraction of sp³-hybridized carbons (Fsp3) is 0.286. The van der Waals surface area contributed by atoms with Gasteiger partial charge in [-0.25, -0.2) is 4.98 Å². The van der Waals surface area contributed by atoms with Gasteiger partial charge in [0.2, 0.25) is 0 Å². The lowest BCUT2D eigenvalue weighted by atomic mass is 10.1. The van der Waals surface area contributed by atoms with E-state index in [1.807, 2.05) is 24.3 Å². The maximum absolute atomic E-state index is 8.84. The molecule has 2 N–H and O–H groups in total. The molecule has 0 amide bonds. The summed E-state index contributed by atoms with van der Waals surface area (Å²) in [6, 6.07) is 20.7. The molecule has 3 heteroatoms. The van der Waals surface area contributed by atoms with Crippen LogP contribution in [-0.2, 0) is 0 Å². The quantitative estimate of drug-likeness (QED) is 0.582. The molecule has 0 aliphatic rings. The number of hydrogen-bond donors (Lipinski definition) is 2. The summed E-state index contributed by atoms with van der Waals surface area (Å²) < 4.78 is 0. The van der Waals surface area contributed by atoms with Gasteiger partial charge in [-0.3, -0.25) is 0 Å². The maximum atomic E-state index is 8.84. The highest BCUT2D eigenvalue weighted by molar-refractivity contribution is 5.93. The predicted molar refractivity (Wildman–Crippen MR) is 101 cm³/mol. The number of anilines is 1. The van der Waals surface area contributed by atoms with E-state index in [1.54, 1.807) is 0 Å². The first-order chi connectivity index (χ1) is 11.9. The first-order valence-corrected chi connectivity index (χ1v) is 8.68. The van der Waals surface area contributed by atoms with Gasteiger partial charge in [-0.1, -0.05) is 61.4 Å². The lowest BCUT2D eigenvalue weighted by molar-refractivity contribution is 0.283. The van der Waals surface area contributed by atoms with E-state index in [9.17, 15) is 0 Å². The largest absolute Gasteiger partial charge is 0.396 e. The van der Waals surface area contributed by atoms with E-state index in [1.165, 1.54) is 0 Å². The van der Waals surface area contributed by atoms with E-state index >= 15 is 0 Å². The van der Waals surface area contributed by atoms with Crippen molar-refractivity contribution < 1.29 is 5.11 Å². The van der Waals surface area contributed by atoms with Crippen molar-refractivity contribution in [1.29, 1.82) is 0 Å². The van der Waals surface area contributed by atoms with Crippen LogP contribution in [0.2, 0.25) is 0 Å². The maximum Gasteiger partial charge on any atom is 0.0730 e. The molecule has 2 aromatic carbocycles. The Hall–Kier alpha value is -2.39. The highest BCUT2D eigenvalue weighted by atomic mass is 16.2. The number of pyridine rings is 1. The number of hydrogen-bond acceptors (Lipinski definition) is 3. The van der Waals surface area contributed by atoms with Crippen LogP contribution in [0.5, 0.6) is 0 Å². The Kier molecular flexibility index (Phi) is 5.80. The summed E-state index contributed by atoms with van der Waals surface area (Å²) in [6.45, 7) is 1.23. The molecule has 3 nitrogen and oxygen atoms in total.